The number of benzene rings is 1. The Morgan fingerprint density at radius 2 is 2.20 bits per heavy atom. The second-order valence-electron chi connectivity index (χ2n) is 4.77. The Morgan fingerprint density at radius 1 is 1.35 bits per heavy atom. The number of anilines is 1. The molecule has 104 valence electrons. The zero-order chi connectivity index (χ0) is 13.9. The fourth-order valence-electron chi connectivity index (χ4n) is 2.35. The van der Waals surface area contributed by atoms with Gasteiger partial charge in [-0.3, -0.25) is 4.79 Å². The Bertz CT molecular complexity index is 626. The van der Waals surface area contributed by atoms with Crippen LogP contribution in [0.1, 0.15) is 10.4 Å². The summed E-state index contributed by atoms with van der Waals surface area (Å²) < 4.78 is 13.5. The highest BCUT2D eigenvalue weighted by Gasteiger charge is 2.21. The number of nitrogens with one attached hydrogen (secondary N) is 1. The number of rotatable bonds is 3. The van der Waals surface area contributed by atoms with Gasteiger partial charge < -0.3 is 10.2 Å². The molecule has 5 heteroatoms. The number of amides is 1. The smallest absolute Gasteiger partial charge is 0.242 e. The van der Waals surface area contributed by atoms with Gasteiger partial charge in [0.15, 0.2) is 0 Å². The van der Waals surface area contributed by atoms with Gasteiger partial charge in [-0.2, -0.15) is 0 Å². The van der Waals surface area contributed by atoms with Gasteiger partial charge in [0.2, 0.25) is 5.91 Å². The molecule has 0 saturated heterocycles. The summed E-state index contributed by atoms with van der Waals surface area (Å²) in [4.78, 5) is 15.4. The van der Waals surface area contributed by atoms with E-state index < -0.39 is 0 Å². The van der Waals surface area contributed by atoms with E-state index in [4.69, 9.17) is 0 Å². The second-order valence-corrected chi connectivity index (χ2v) is 5.77. The van der Waals surface area contributed by atoms with Gasteiger partial charge in [0.25, 0.3) is 0 Å². The molecule has 1 aromatic heterocycles. The van der Waals surface area contributed by atoms with Crippen LogP contribution in [0.5, 0.6) is 0 Å². The van der Waals surface area contributed by atoms with Crippen molar-refractivity contribution < 1.29 is 9.18 Å². The quantitative estimate of drug-likeness (QED) is 0.942. The van der Waals surface area contributed by atoms with Crippen LogP contribution in [0.4, 0.5) is 10.1 Å². The number of hydrogen-bond donors (Lipinski definition) is 1. The summed E-state index contributed by atoms with van der Waals surface area (Å²) in [6.07, 6.45) is 0.915. The topological polar surface area (TPSA) is 32.3 Å². The summed E-state index contributed by atoms with van der Waals surface area (Å²) in [5.41, 5.74) is 1.61. The van der Waals surface area contributed by atoms with E-state index in [9.17, 15) is 9.18 Å². The van der Waals surface area contributed by atoms with Crippen molar-refractivity contribution in [1.82, 2.24) is 4.90 Å². The highest BCUT2D eigenvalue weighted by Crippen LogP contribution is 2.24. The van der Waals surface area contributed by atoms with Crippen LogP contribution in [0.2, 0.25) is 0 Å². The molecule has 0 bridgehead atoms. The number of fused-ring (bicyclic) bond motifs is 1. The minimum Gasteiger partial charge on any atom is -0.374 e. The maximum atomic E-state index is 13.5. The van der Waals surface area contributed by atoms with E-state index in [1.54, 1.807) is 29.5 Å². The van der Waals surface area contributed by atoms with Crippen LogP contribution in [0.25, 0.3) is 0 Å². The third-order valence-corrected chi connectivity index (χ3v) is 4.49. The van der Waals surface area contributed by atoms with Crippen LogP contribution < -0.4 is 5.32 Å². The Kier molecular flexibility index (Phi) is 3.69. The van der Waals surface area contributed by atoms with Crippen LogP contribution in [-0.4, -0.2) is 23.9 Å². The fraction of sp³-hybridized carbons (Fsp3) is 0.267. The Morgan fingerprint density at radius 3 is 3.05 bits per heavy atom. The highest BCUT2D eigenvalue weighted by atomic mass is 32.1. The van der Waals surface area contributed by atoms with Crippen molar-refractivity contribution in [2.75, 3.05) is 18.4 Å². The van der Waals surface area contributed by atoms with Crippen molar-refractivity contribution in [2.24, 2.45) is 0 Å². The van der Waals surface area contributed by atoms with Crippen LogP contribution in [-0.2, 0) is 17.8 Å². The SMILES string of the molecule is O=C(CNc1ccccc1F)N1CCc2sccc2C1. The van der Waals surface area contributed by atoms with Gasteiger partial charge in [0.1, 0.15) is 5.82 Å². The molecule has 1 aromatic carbocycles. The predicted molar refractivity (Wildman–Crippen MR) is 78.3 cm³/mol. The molecule has 1 aliphatic rings. The Hall–Kier alpha value is -1.88. The lowest BCUT2D eigenvalue weighted by Gasteiger charge is -2.27. The molecule has 0 aliphatic carbocycles. The zero-order valence-electron chi connectivity index (χ0n) is 10.9. The summed E-state index contributed by atoms with van der Waals surface area (Å²) >= 11 is 1.75. The lowest BCUT2D eigenvalue weighted by molar-refractivity contribution is -0.130. The largest absolute Gasteiger partial charge is 0.374 e. The van der Waals surface area contributed by atoms with Gasteiger partial charge in [-0.05, 0) is 35.6 Å². The number of hydrogen-bond acceptors (Lipinski definition) is 3. The normalized spacial score (nSPS) is 13.9. The third kappa shape index (κ3) is 2.67. The standard InChI is InChI=1S/C15H15FN2OS/c16-12-3-1-2-4-13(12)17-9-15(19)18-7-5-14-11(10-18)6-8-20-14/h1-4,6,8,17H,5,7,9-10H2. The molecule has 3 nitrogen and oxygen atoms in total. The van der Waals surface area contributed by atoms with Crippen LogP contribution in [0.15, 0.2) is 35.7 Å². The summed E-state index contributed by atoms with van der Waals surface area (Å²) in [6, 6.07) is 8.46. The molecular weight excluding hydrogens is 275 g/mol. The average Bonchev–Trinajstić information content (AvgIpc) is 2.93. The van der Waals surface area contributed by atoms with E-state index in [1.165, 1.54) is 16.5 Å². The van der Waals surface area contributed by atoms with Crippen LogP contribution in [0, 0.1) is 5.82 Å². The van der Waals surface area contributed by atoms with Gasteiger partial charge >= 0.3 is 0 Å². The van der Waals surface area contributed by atoms with E-state index in [0.717, 1.165) is 13.0 Å². The van der Waals surface area contributed by atoms with Crippen LogP contribution in [0.3, 0.4) is 0 Å². The van der Waals surface area contributed by atoms with Gasteiger partial charge in [0, 0.05) is 18.0 Å². The second kappa shape index (κ2) is 5.63. The molecular formula is C15H15FN2OS. The summed E-state index contributed by atoms with van der Waals surface area (Å²) in [5, 5.41) is 4.93. The molecule has 20 heavy (non-hydrogen) atoms. The maximum absolute atomic E-state index is 13.5. The molecule has 0 unspecified atom stereocenters. The molecule has 3 rings (SSSR count). The number of para-hydroxylation sites is 1. The monoisotopic (exact) mass is 290 g/mol. The van der Waals surface area contributed by atoms with E-state index in [-0.39, 0.29) is 18.3 Å². The number of carbonyl (C=O) groups is 1. The zero-order valence-corrected chi connectivity index (χ0v) is 11.8. The van der Waals surface area contributed by atoms with Gasteiger partial charge in [0.05, 0.1) is 12.2 Å². The van der Waals surface area contributed by atoms with Crippen molar-refractivity contribution in [2.45, 2.75) is 13.0 Å². The number of carbonyl (C=O) groups excluding carboxylic acids is 1. The van der Waals surface area contributed by atoms with E-state index in [0.29, 0.717) is 12.2 Å². The first-order valence-electron chi connectivity index (χ1n) is 6.55. The molecule has 0 spiro atoms. The molecule has 0 saturated carbocycles. The first kappa shape index (κ1) is 13.1. The molecule has 0 radical (unpaired) electrons. The molecule has 1 aliphatic heterocycles. The molecule has 1 amide bonds. The molecule has 0 fully saturated rings. The fourth-order valence-corrected chi connectivity index (χ4v) is 3.24. The van der Waals surface area contributed by atoms with Gasteiger partial charge in [-0.25, -0.2) is 4.39 Å². The average molecular weight is 290 g/mol. The summed E-state index contributed by atoms with van der Waals surface area (Å²) in [6.45, 7) is 1.53. The number of thiophene rings is 1. The van der Waals surface area contributed by atoms with Crippen molar-refractivity contribution in [1.29, 1.82) is 0 Å². The Labute approximate surface area is 121 Å². The number of halogens is 1. The van der Waals surface area contributed by atoms with Crippen molar-refractivity contribution in [3.63, 3.8) is 0 Å². The minimum absolute atomic E-state index is 0.00473. The highest BCUT2D eigenvalue weighted by molar-refractivity contribution is 7.10. The van der Waals surface area contributed by atoms with Crippen molar-refractivity contribution in [3.8, 4) is 0 Å². The molecule has 1 N–H and O–H groups in total. The van der Waals surface area contributed by atoms with E-state index >= 15 is 0 Å². The van der Waals surface area contributed by atoms with Gasteiger partial charge in [-0.1, -0.05) is 12.1 Å². The molecule has 2 aromatic rings. The minimum atomic E-state index is -0.334. The van der Waals surface area contributed by atoms with Gasteiger partial charge in [-0.15, -0.1) is 11.3 Å². The Balaban J connectivity index is 1.59. The lowest BCUT2D eigenvalue weighted by atomic mass is 10.1. The predicted octanol–water partition coefficient (Wildman–Crippen LogP) is 2.88. The van der Waals surface area contributed by atoms with E-state index in [2.05, 4.69) is 16.8 Å². The maximum Gasteiger partial charge on any atom is 0.242 e. The molecule has 0 atom stereocenters. The first-order chi connectivity index (χ1) is 9.74. The lowest BCUT2D eigenvalue weighted by Crippen LogP contribution is -2.38. The summed E-state index contributed by atoms with van der Waals surface area (Å²) in [7, 11) is 0. The van der Waals surface area contributed by atoms with Crippen molar-refractivity contribution >= 4 is 22.9 Å². The summed E-state index contributed by atoms with van der Waals surface area (Å²) in [5.74, 6) is -0.329. The third-order valence-electron chi connectivity index (χ3n) is 3.46. The first-order valence-corrected chi connectivity index (χ1v) is 7.43. The molecule has 2 heterocycles. The van der Waals surface area contributed by atoms with Crippen molar-refractivity contribution in [3.05, 3.63) is 52.0 Å². The van der Waals surface area contributed by atoms with Crippen LogP contribution >= 0.6 is 11.3 Å². The van der Waals surface area contributed by atoms with E-state index in [1.807, 2.05) is 4.90 Å². The number of nitrogens with zero attached hydrogens (tertiary/aromatic N) is 1.